The molecule has 5 nitrogen and oxygen atoms in total. The van der Waals surface area contributed by atoms with Gasteiger partial charge in [-0.05, 0) is 33.8 Å². The van der Waals surface area contributed by atoms with E-state index in [-0.39, 0.29) is 24.0 Å². The summed E-state index contributed by atoms with van der Waals surface area (Å²) in [6.07, 6.45) is 0. The van der Waals surface area contributed by atoms with Gasteiger partial charge < -0.3 is 15.1 Å². The lowest BCUT2D eigenvalue weighted by Gasteiger charge is -2.11. The van der Waals surface area contributed by atoms with Gasteiger partial charge in [0.1, 0.15) is 11.5 Å². The van der Waals surface area contributed by atoms with Crippen LogP contribution in [0, 0.1) is 27.7 Å². The summed E-state index contributed by atoms with van der Waals surface area (Å²) in [5.41, 5.74) is 2.24. The molecule has 0 saturated heterocycles. The van der Waals surface area contributed by atoms with Gasteiger partial charge in [0, 0.05) is 24.0 Å². The standard InChI is InChI=1S/C15H22N4OS.HI/c1-9-6-13(11(3)20-9)7-17-15(16-5)18-8-14-10(2)19-12(4)21-14;/h6H,7-8H2,1-5H3,(H2,16,17,18);1H. The summed E-state index contributed by atoms with van der Waals surface area (Å²) in [4.78, 5) is 9.91. The average Bonchev–Trinajstić information content (AvgIpc) is 2.91. The quantitative estimate of drug-likeness (QED) is 0.440. The Morgan fingerprint density at radius 2 is 1.91 bits per heavy atom. The summed E-state index contributed by atoms with van der Waals surface area (Å²) in [7, 11) is 1.77. The normalized spacial score (nSPS) is 11.2. The third-order valence-electron chi connectivity index (χ3n) is 3.23. The average molecular weight is 434 g/mol. The van der Waals surface area contributed by atoms with E-state index in [4.69, 9.17) is 4.42 Å². The molecule has 22 heavy (non-hydrogen) atoms. The number of hydrogen-bond acceptors (Lipinski definition) is 4. The number of aryl methyl sites for hydroxylation is 4. The Morgan fingerprint density at radius 1 is 1.23 bits per heavy atom. The van der Waals surface area contributed by atoms with E-state index < -0.39 is 0 Å². The van der Waals surface area contributed by atoms with Crippen LogP contribution in [0.25, 0.3) is 0 Å². The fourth-order valence-corrected chi connectivity index (χ4v) is 3.04. The van der Waals surface area contributed by atoms with Gasteiger partial charge in [-0.3, -0.25) is 4.99 Å². The number of thiazole rings is 1. The van der Waals surface area contributed by atoms with Crippen molar-refractivity contribution in [3.05, 3.63) is 38.7 Å². The first kappa shape index (κ1) is 19.0. The molecule has 0 atom stereocenters. The number of hydrogen-bond donors (Lipinski definition) is 2. The Morgan fingerprint density at radius 3 is 2.41 bits per heavy atom. The Kier molecular flexibility index (Phi) is 7.34. The van der Waals surface area contributed by atoms with Crippen LogP contribution in [-0.2, 0) is 13.1 Å². The van der Waals surface area contributed by atoms with Gasteiger partial charge in [0.15, 0.2) is 5.96 Å². The molecule has 0 unspecified atom stereocenters. The van der Waals surface area contributed by atoms with Gasteiger partial charge in [-0.2, -0.15) is 0 Å². The van der Waals surface area contributed by atoms with E-state index in [9.17, 15) is 0 Å². The fourth-order valence-electron chi connectivity index (χ4n) is 2.16. The minimum atomic E-state index is 0. The second kappa shape index (κ2) is 8.52. The molecule has 0 bridgehead atoms. The van der Waals surface area contributed by atoms with E-state index in [1.54, 1.807) is 18.4 Å². The number of halogens is 1. The summed E-state index contributed by atoms with van der Waals surface area (Å²) >= 11 is 1.72. The minimum Gasteiger partial charge on any atom is -0.466 e. The largest absolute Gasteiger partial charge is 0.466 e. The van der Waals surface area contributed by atoms with Crippen LogP contribution in [0.2, 0.25) is 0 Å². The van der Waals surface area contributed by atoms with Crippen molar-refractivity contribution < 1.29 is 4.42 Å². The van der Waals surface area contributed by atoms with E-state index in [2.05, 4.69) is 20.6 Å². The Balaban J connectivity index is 0.00000242. The Labute approximate surface area is 152 Å². The second-order valence-corrected chi connectivity index (χ2v) is 6.25. The van der Waals surface area contributed by atoms with Crippen LogP contribution in [0.15, 0.2) is 15.5 Å². The third-order valence-corrected chi connectivity index (χ3v) is 4.30. The number of nitrogens with zero attached hydrogens (tertiary/aromatic N) is 2. The molecule has 0 aliphatic rings. The number of nitrogens with one attached hydrogen (secondary N) is 2. The van der Waals surface area contributed by atoms with Gasteiger partial charge in [-0.15, -0.1) is 35.3 Å². The molecule has 0 spiro atoms. The first-order chi connectivity index (χ1) is 9.99. The summed E-state index contributed by atoms with van der Waals surface area (Å²) in [6.45, 7) is 9.43. The summed E-state index contributed by atoms with van der Waals surface area (Å²) in [6, 6.07) is 2.05. The summed E-state index contributed by atoms with van der Waals surface area (Å²) in [5, 5.41) is 7.71. The molecule has 122 valence electrons. The van der Waals surface area contributed by atoms with Crippen LogP contribution in [0.3, 0.4) is 0 Å². The van der Waals surface area contributed by atoms with Gasteiger partial charge in [0.2, 0.25) is 0 Å². The lowest BCUT2D eigenvalue weighted by Crippen LogP contribution is -2.36. The van der Waals surface area contributed by atoms with Crippen LogP contribution < -0.4 is 10.6 Å². The molecule has 2 aromatic rings. The molecule has 2 N–H and O–H groups in total. The SMILES string of the molecule is CN=C(NCc1cc(C)oc1C)NCc1sc(C)nc1C.I. The maximum absolute atomic E-state index is 5.52. The summed E-state index contributed by atoms with van der Waals surface area (Å²) < 4.78 is 5.52. The zero-order valence-corrected chi connectivity index (χ0v) is 16.8. The summed E-state index contributed by atoms with van der Waals surface area (Å²) in [5.74, 6) is 2.66. The van der Waals surface area contributed by atoms with Crippen molar-refractivity contribution in [3.63, 3.8) is 0 Å². The zero-order chi connectivity index (χ0) is 15.4. The molecular weight excluding hydrogens is 411 g/mol. The number of furan rings is 1. The predicted octanol–water partition coefficient (Wildman–Crippen LogP) is 3.45. The number of aliphatic imine (C=N–C) groups is 1. The van der Waals surface area contributed by atoms with Gasteiger partial charge in [-0.25, -0.2) is 4.98 Å². The maximum Gasteiger partial charge on any atom is 0.191 e. The second-order valence-electron chi connectivity index (χ2n) is 4.96. The third kappa shape index (κ3) is 4.98. The molecule has 7 heteroatoms. The van der Waals surface area contributed by atoms with E-state index in [0.717, 1.165) is 40.3 Å². The molecule has 0 radical (unpaired) electrons. The van der Waals surface area contributed by atoms with E-state index in [0.29, 0.717) is 6.54 Å². The first-order valence-corrected chi connectivity index (χ1v) is 7.74. The number of guanidine groups is 1. The highest BCUT2D eigenvalue weighted by Crippen LogP contribution is 2.16. The highest BCUT2D eigenvalue weighted by atomic mass is 127. The van der Waals surface area contributed by atoms with E-state index in [1.165, 1.54) is 4.88 Å². The molecule has 0 aliphatic carbocycles. The lowest BCUT2D eigenvalue weighted by molar-refractivity contribution is 0.500. The van der Waals surface area contributed by atoms with Crippen LogP contribution in [0.1, 0.15) is 32.7 Å². The molecule has 2 heterocycles. The Hall–Kier alpha value is -1.09. The van der Waals surface area contributed by atoms with Crippen molar-refractivity contribution in [1.29, 1.82) is 0 Å². The van der Waals surface area contributed by atoms with Crippen molar-refractivity contribution in [2.75, 3.05) is 7.05 Å². The molecule has 0 aromatic carbocycles. The van der Waals surface area contributed by atoms with Crippen LogP contribution in [0.4, 0.5) is 0 Å². The number of aromatic nitrogens is 1. The van der Waals surface area contributed by atoms with Crippen molar-refractivity contribution in [3.8, 4) is 0 Å². The van der Waals surface area contributed by atoms with Crippen LogP contribution >= 0.6 is 35.3 Å². The molecule has 2 aromatic heterocycles. The van der Waals surface area contributed by atoms with Crippen molar-refractivity contribution >= 4 is 41.3 Å². The monoisotopic (exact) mass is 434 g/mol. The van der Waals surface area contributed by atoms with E-state index >= 15 is 0 Å². The van der Waals surface area contributed by atoms with Crippen LogP contribution in [0.5, 0.6) is 0 Å². The highest BCUT2D eigenvalue weighted by Gasteiger charge is 2.08. The molecule has 0 fully saturated rings. The molecule has 0 amide bonds. The molecule has 0 aliphatic heterocycles. The van der Waals surface area contributed by atoms with Crippen molar-refractivity contribution in [2.45, 2.75) is 40.8 Å². The fraction of sp³-hybridized carbons (Fsp3) is 0.467. The molecule has 0 saturated carbocycles. The van der Waals surface area contributed by atoms with Crippen molar-refractivity contribution in [1.82, 2.24) is 15.6 Å². The Bertz CT molecular complexity index is 596. The maximum atomic E-state index is 5.52. The topological polar surface area (TPSA) is 62.5 Å². The van der Waals surface area contributed by atoms with Gasteiger partial charge in [0.25, 0.3) is 0 Å². The highest BCUT2D eigenvalue weighted by molar-refractivity contribution is 14.0. The van der Waals surface area contributed by atoms with Crippen LogP contribution in [-0.4, -0.2) is 18.0 Å². The van der Waals surface area contributed by atoms with Gasteiger partial charge in [-0.1, -0.05) is 0 Å². The van der Waals surface area contributed by atoms with E-state index in [1.807, 2.05) is 33.8 Å². The number of rotatable bonds is 4. The molecular formula is C15H23IN4OS. The van der Waals surface area contributed by atoms with Crippen molar-refractivity contribution in [2.24, 2.45) is 4.99 Å². The lowest BCUT2D eigenvalue weighted by atomic mass is 10.2. The van der Waals surface area contributed by atoms with Gasteiger partial charge in [0.05, 0.1) is 17.2 Å². The molecule has 2 rings (SSSR count). The smallest absolute Gasteiger partial charge is 0.191 e. The minimum absolute atomic E-state index is 0. The van der Waals surface area contributed by atoms with Gasteiger partial charge >= 0.3 is 0 Å². The zero-order valence-electron chi connectivity index (χ0n) is 13.6. The predicted molar refractivity (Wildman–Crippen MR) is 102 cm³/mol. The first-order valence-electron chi connectivity index (χ1n) is 6.93.